The van der Waals surface area contributed by atoms with E-state index in [2.05, 4.69) is 27.8 Å². The van der Waals surface area contributed by atoms with Crippen LogP contribution in [0.5, 0.6) is 0 Å². The highest BCUT2D eigenvalue weighted by atomic mass is 127. The molecule has 0 heterocycles. The van der Waals surface area contributed by atoms with Gasteiger partial charge in [-0.1, -0.05) is 18.2 Å². The number of anilines is 1. The Bertz CT molecular complexity index is 562. The lowest BCUT2D eigenvalue weighted by molar-refractivity contribution is 0.614. The summed E-state index contributed by atoms with van der Waals surface area (Å²) in [6.07, 6.45) is 6.39. The van der Waals surface area contributed by atoms with E-state index in [4.69, 9.17) is 0 Å². The molecule has 0 amide bonds. The first kappa shape index (κ1) is 20.7. The first-order valence-electron chi connectivity index (χ1n) is 8.33. The maximum absolute atomic E-state index is 14.3. The molecule has 2 N–H and O–H groups in total. The molecule has 1 aromatic rings. The van der Waals surface area contributed by atoms with Gasteiger partial charge in [0.25, 0.3) is 0 Å². The van der Waals surface area contributed by atoms with E-state index in [9.17, 15) is 4.39 Å². The van der Waals surface area contributed by atoms with Crippen molar-refractivity contribution in [2.45, 2.75) is 39.3 Å². The second-order valence-corrected chi connectivity index (χ2v) is 5.67. The van der Waals surface area contributed by atoms with Gasteiger partial charge in [-0.15, -0.1) is 24.0 Å². The largest absolute Gasteiger partial charge is 0.370 e. The molecular formula is C18H28FIN4. The van der Waals surface area contributed by atoms with Crippen LogP contribution < -0.4 is 15.5 Å². The van der Waals surface area contributed by atoms with Gasteiger partial charge in [0.1, 0.15) is 5.82 Å². The molecule has 134 valence electrons. The lowest BCUT2D eigenvalue weighted by atomic mass is 10.1. The summed E-state index contributed by atoms with van der Waals surface area (Å²) in [6.45, 7) is 6.22. The molecule has 0 fully saturated rings. The predicted molar refractivity (Wildman–Crippen MR) is 111 cm³/mol. The van der Waals surface area contributed by atoms with Crippen molar-refractivity contribution >= 4 is 35.6 Å². The van der Waals surface area contributed by atoms with Crippen LogP contribution in [0.2, 0.25) is 0 Å². The first-order chi connectivity index (χ1) is 11.2. The number of nitrogens with one attached hydrogen (secondary N) is 2. The van der Waals surface area contributed by atoms with Crippen molar-refractivity contribution in [3.8, 4) is 0 Å². The van der Waals surface area contributed by atoms with Crippen LogP contribution in [0.3, 0.4) is 0 Å². The van der Waals surface area contributed by atoms with E-state index in [0.29, 0.717) is 18.3 Å². The zero-order valence-corrected chi connectivity index (χ0v) is 17.0. The van der Waals surface area contributed by atoms with E-state index in [-0.39, 0.29) is 29.8 Å². The number of hydrogen-bond acceptors (Lipinski definition) is 2. The Balaban J connectivity index is 0.00000288. The molecule has 0 bridgehead atoms. The summed E-state index contributed by atoms with van der Waals surface area (Å²) < 4.78 is 14.3. The molecule has 1 aliphatic rings. The van der Waals surface area contributed by atoms with Crippen LogP contribution in [0.1, 0.15) is 32.3 Å². The van der Waals surface area contributed by atoms with Crippen molar-refractivity contribution < 1.29 is 4.39 Å². The average Bonchev–Trinajstić information content (AvgIpc) is 3.07. The minimum Gasteiger partial charge on any atom is -0.370 e. The summed E-state index contributed by atoms with van der Waals surface area (Å²) >= 11 is 0. The van der Waals surface area contributed by atoms with Crippen LogP contribution in [-0.2, 0) is 6.54 Å². The molecule has 0 aliphatic heterocycles. The van der Waals surface area contributed by atoms with Gasteiger partial charge >= 0.3 is 0 Å². The van der Waals surface area contributed by atoms with Gasteiger partial charge in [0.2, 0.25) is 0 Å². The number of halogens is 2. The molecule has 0 atom stereocenters. The van der Waals surface area contributed by atoms with Gasteiger partial charge in [0, 0.05) is 32.7 Å². The third-order valence-corrected chi connectivity index (χ3v) is 4.15. The second-order valence-electron chi connectivity index (χ2n) is 5.67. The Kier molecular flexibility index (Phi) is 9.10. The van der Waals surface area contributed by atoms with Gasteiger partial charge in [0.05, 0.1) is 5.69 Å². The van der Waals surface area contributed by atoms with E-state index >= 15 is 0 Å². The molecule has 6 heteroatoms. The molecule has 0 saturated heterocycles. The molecule has 0 unspecified atom stereocenters. The zero-order valence-electron chi connectivity index (χ0n) is 14.7. The summed E-state index contributed by atoms with van der Waals surface area (Å²) in [5.41, 5.74) is 1.57. The number of benzene rings is 1. The molecule has 0 aromatic heterocycles. The highest BCUT2D eigenvalue weighted by Crippen LogP contribution is 2.20. The minimum atomic E-state index is -0.170. The molecule has 0 saturated carbocycles. The maximum Gasteiger partial charge on any atom is 0.191 e. The smallest absolute Gasteiger partial charge is 0.191 e. The number of rotatable bonds is 6. The number of aliphatic imine (C=N–C) groups is 1. The molecule has 0 radical (unpaired) electrons. The highest BCUT2D eigenvalue weighted by molar-refractivity contribution is 14.0. The summed E-state index contributed by atoms with van der Waals surface area (Å²) in [5.74, 6) is 0.586. The fraction of sp³-hybridized carbons (Fsp3) is 0.500. The van der Waals surface area contributed by atoms with E-state index in [1.54, 1.807) is 13.1 Å². The molecule has 1 aliphatic carbocycles. The van der Waals surface area contributed by atoms with Crippen molar-refractivity contribution in [1.82, 2.24) is 10.6 Å². The predicted octanol–water partition coefficient (Wildman–Crippen LogP) is 3.67. The molecule has 24 heavy (non-hydrogen) atoms. The summed E-state index contributed by atoms with van der Waals surface area (Å²) in [7, 11) is 1.75. The molecule has 2 rings (SSSR count). The summed E-state index contributed by atoms with van der Waals surface area (Å²) in [6, 6.07) is 5.83. The summed E-state index contributed by atoms with van der Waals surface area (Å²) in [4.78, 5) is 6.24. The topological polar surface area (TPSA) is 39.7 Å². The lowest BCUT2D eigenvalue weighted by Gasteiger charge is -2.22. The van der Waals surface area contributed by atoms with E-state index < -0.39 is 0 Å². The van der Waals surface area contributed by atoms with Gasteiger partial charge in [-0.25, -0.2) is 4.39 Å². The van der Waals surface area contributed by atoms with Crippen molar-refractivity contribution in [2.75, 3.05) is 25.0 Å². The normalized spacial score (nSPS) is 14.4. The minimum absolute atomic E-state index is 0. The van der Waals surface area contributed by atoms with Gasteiger partial charge in [-0.2, -0.15) is 0 Å². The van der Waals surface area contributed by atoms with Crippen LogP contribution in [0.15, 0.2) is 35.3 Å². The Morgan fingerprint density at radius 2 is 1.92 bits per heavy atom. The van der Waals surface area contributed by atoms with Gasteiger partial charge < -0.3 is 15.5 Å². The SMILES string of the molecule is CCN(CC)c1ccc(CNC(=NC)NC2CC=CC2)cc1F.I. The van der Waals surface area contributed by atoms with Crippen molar-refractivity contribution in [3.05, 3.63) is 41.7 Å². The van der Waals surface area contributed by atoms with Crippen LogP contribution in [0.25, 0.3) is 0 Å². The van der Waals surface area contributed by atoms with Crippen LogP contribution in [-0.4, -0.2) is 32.1 Å². The van der Waals surface area contributed by atoms with Crippen LogP contribution in [0, 0.1) is 5.82 Å². The molecule has 4 nitrogen and oxygen atoms in total. The number of hydrogen-bond donors (Lipinski definition) is 2. The lowest BCUT2D eigenvalue weighted by Crippen LogP contribution is -2.42. The van der Waals surface area contributed by atoms with Gasteiger partial charge in [-0.05, 0) is 44.4 Å². The first-order valence-corrected chi connectivity index (χ1v) is 8.33. The fourth-order valence-electron chi connectivity index (χ4n) is 2.79. The third-order valence-electron chi connectivity index (χ3n) is 4.15. The van der Waals surface area contributed by atoms with Gasteiger partial charge in [-0.3, -0.25) is 4.99 Å². The number of nitrogens with zero attached hydrogens (tertiary/aromatic N) is 2. The fourth-order valence-corrected chi connectivity index (χ4v) is 2.79. The van der Waals surface area contributed by atoms with Crippen LogP contribution in [0.4, 0.5) is 10.1 Å². The van der Waals surface area contributed by atoms with Crippen LogP contribution >= 0.6 is 24.0 Å². The molecule has 0 spiro atoms. The summed E-state index contributed by atoms with van der Waals surface area (Å²) in [5, 5.41) is 6.62. The van der Waals surface area contributed by atoms with Crippen molar-refractivity contribution in [2.24, 2.45) is 4.99 Å². The quantitative estimate of drug-likeness (QED) is 0.303. The monoisotopic (exact) mass is 446 g/mol. The van der Waals surface area contributed by atoms with E-state index in [1.165, 1.54) is 0 Å². The number of guanidine groups is 1. The Morgan fingerprint density at radius 1 is 1.25 bits per heavy atom. The Hall–Kier alpha value is -1.31. The van der Waals surface area contributed by atoms with Crippen molar-refractivity contribution in [3.63, 3.8) is 0 Å². The second kappa shape index (κ2) is 10.5. The van der Waals surface area contributed by atoms with Gasteiger partial charge in [0.15, 0.2) is 5.96 Å². The van der Waals surface area contributed by atoms with Crippen molar-refractivity contribution in [1.29, 1.82) is 0 Å². The van der Waals surface area contributed by atoms with E-state index in [1.807, 2.05) is 30.9 Å². The zero-order chi connectivity index (χ0) is 16.7. The highest BCUT2D eigenvalue weighted by Gasteiger charge is 2.12. The molecule has 1 aromatic carbocycles. The Morgan fingerprint density at radius 3 is 2.46 bits per heavy atom. The standard InChI is InChI=1S/C18H27FN4.HI/c1-4-23(5-2)17-11-10-14(12-16(17)19)13-21-18(20-3)22-15-8-6-7-9-15;/h6-7,10-12,15H,4-5,8-9,13H2,1-3H3,(H2,20,21,22);1H. The molecular weight excluding hydrogens is 418 g/mol. The average molecular weight is 446 g/mol. The Labute approximate surface area is 161 Å². The van der Waals surface area contributed by atoms with E-state index in [0.717, 1.165) is 37.5 Å². The maximum atomic E-state index is 14.3. The third kappa shape index (κ3) is 5.65.